The molecule has 1 aliphatic rings. The SMILES string of the molecule is Cc1c(F)cccc1C1C(C(=O)c2cccc(O)c2)C(C)N(CCN(C)C)C(C)C1C(=O)c1cccc(O)c1. The highest BCUT2D eigenvalue weighted by Gasteiger charge is 2.52. The van der Waals surface area contributed by atoms with Gasteiger partial charge in [-0.25, -0.2) is 4.39 Å². The van der Waals surface area contributed by atoms with Crippen LogP contribution in [0.25, 0.3) is 0 Å². The zero-order chi connectivity index (χ0) is 28.4. The van der Waals surface area contributed by atoms with Crippen molar-refractivity contribution in [1.82, 2.24) is 9.80 Å². The average molecular weight is 533 g/mol. The lowest BCUT2D eigenvalue weighted by molar-refractivity contribution is 0.00310. The van der Waals surface area contributed by atoms with Crippen LogP contribution >= 0.6 is 0 Å². The summed E-state index contributed by atoms with van der Waals surface area (Å²) in [7, 11) is 3.95. The molecule has 0 radical (unpaired) electrons. The van der Waals surface area contributed by atoms with Crippen molar-refractivity contribution in [2.45, 2.75) is 38.8 Å². The van der Waals surface area contributed by atoms with Gasteiger partial charge in [-0.1, -0.05) is 36.4 Å². The van der Waals surface area contributed by atoms with E-state index in [0.29, 0.717) is 28.8 Å². The summed E-state index contributed by atoms with van der Waals surface area (Å²) in [5, 5.41) is 20.3. The van der Waals surface area contributed by atoms with Crippen LogP contribution in [0.5, 0.6) is 11.5 Å². The van der Waals surface area contributed by atoms with Crippen LogP contribution in [0.3, 0.4) is 0 Å². The first-order valence-electron chi connectivity index (χ1n) is 13.3. The minimum atomic E-state index is -0.697. The molecule has 206 valence electrons. The molecule has 4 unspecified atom stereocenters. The Morgan fingerprint density at radius 1 is 0.846 bits per heavy atom. The van der Waals surface area contributed by atoms with Crippen LogP contribution in [0.15, 0.2) is 66.7 Å². The molecule has 3 aromatic rings. The van der Waals surface area contributed by atoms with Gasteiger partial charge in [0.15, 0.2) is 11.6 Å². The molecular weight excluding hydrogens is 495 g/mol. The maximum Gasteiger partial charge on any atom is 0.168 e. The third-order valence-electron chi connectivity index (χ3n) is 8.20. The Balaban J connectivity index is 1.94. The zero-order valence-corrected chi connectivity index (χ0v) is 23.1. The van der Waals surface area contributed by atoms with Gasteiger partial charge in [-0.3, -0.25) is 14.5 Å². The predicted octanol–water partition coefficient (Wildman–Crippen LogP) is 5.28. The van der Waals surface area contributed by atoms with Crippen LogP contribution in [-0.4, -0.2) is 70.8 Å². The second-order valence-corrected chi connectivity index (χ2v) is 10.9. The fraction of sp³-hybridized carbons (Fsp3) is 0.375. The molecule has 1 fully saturated rings. The maximum atomic E-state index is 15.0. The number of hydrogen-bond donors (Lipinski definition) is 2. The number of carbonyl (C=O) groups is 2. The Hall–Kier alpha value is -3.55. The normalized spacial score (nSPS) is 23.6. The van der Waals surface area contributed by atoms with E-state index in [1.807, 2.05) is 34.0 Å². The number of phenolic OH excluding ortho intramolecular Hbond substituents is 2. The molecule has 0 aromatic heterocycles. The topological polar surface area (TPSA) is 81.1 Å². The van der Waals surface area contributed by atoms with Gasteiger partial charge in [0, 0.05) is 54.1 Å². The highest BCUT2D eigenvalue weighted by molar-refractivity contribution is 6.03. The number of likely N-dealkylation sites (N-methyl/N-ethyl adjacent to an activating group) is 1. The monoisotopic (exact) mass is 532 g/mol. The molecule has 0 bridgehead atoms. The number of ketones is 2. The summed E-state index contributed by atoms with van der Waals surface area (Å²) >= 11 is 0. The zero-order valence-electron chi connectivity index (χ0n) is 23.1. The van der Waals surface area contributed by atoms with Crippen molar-refractivity contribution < 1.29 is 24.2 Å². The predicted molar refractivity (Wildman–Crippen MR) is 150 cm³/mol. The van der Waals surface area contributed by atoms with E-state index in [-0.39, 0.29) is 35.1 Å². The van der Waals surface area contributed by atoms with Gasteiger partial charge >= 0.3 is 0 Å². The van der Waals surface area contributed by atoms with E-state index >= 15 is 0 Å². The van der Waals surface area contributed by atoms with E-state index in [1.165, 1.54) is 30.3 Å². The standard InChI is InChI=1S/C32H37FN2O4/c1-19-26(13-8-14-27(19)33)30-28(31(38)22-9-6-11-24(36)17-22)20(2)35(16-15-34(4)5)21(3)29(30)32(39)23-10-7-12-25(37)18-23/h6-14,17-18,20-21,28-30,36-37H,15-16H2,1-5H3. The summed E-state index contributed by atoms with van der Waals surface area (Å²) in [5.41, 5.74) is 1.72. The van der Waals surface area contributed by atoms with Crippen LogP contribution in [0.4, 0.5) is 4.39 Å². The lowest BCUT2D eigenvalue weighted by atomic mass is 9.62. The number of rotatable bonds is 8. The number of aromatic hydroxyl groups is 2. The highest BCUT2D eigenvalue weighted by Crippen LogP contribution is 2.47. The van der Waals surface area contributed by atoms with Crippen molar-refractivity contribution in [1.29, 1.82) is 0 Å². The third-order valence-corrected chi connectivity index (χ3v) is 8.20. The molecule has 1 heterocycles. The number of hydrogen-bond acceptors (Lipinski definition) is 6. The molecule has 0 spiro atoms. The van der Waals surface area contributed by atoms with Crippen LogP contribution in [0.1, 0.15) is 51.6 Å². The molecule has 7 heteroatoms. The second-order valence-electron chi connectivity index (χ2n) is 10.9. The average Bonchev–Trinajstić information content (AvgIpc) is 2.89. The third kappa shape index (κ3) is 5.75. The van der Waals surface area contributed by atoms with Gasteiger partial charge in [-0.2, -0.15) is 0 Å². The van der Waals surface area contributed by atoms with Crippen LogP contribution in [-0.2, 0) is 0 Å². The van der Waals surface area contributed by atoms with E-state index in [1.54, 1.807) is 37.3 Å². The smallest absolute Gasteiger partial charge is 0.168 e. The van der Waals surface area contributed by atoms with Crippen molar-refractivity contribution in [3.8, 4) is 11.5 Å². The Bertz CT molecular complexity index is 1290. The van der Waals surface area contributed by atoms with Crippen LogP contribution in [0, 0.1) is 24.6 Å². The van der Waals surface area contributed by atoms with Crippen molar-refractivity contribution in [3.05, 3.63) is 94.8 Å². The number of likely N-dealkylation sites (tertiary alicyclic amines) is 1. The van der Waals surface area contributed by atoms with Crippen LogP contribution < -0.4 is 0 Å². The summed E-state index contributed by atoms with van der Waals surface area (Å²) < 4.78 is 15.0. The Kier molecular flexibility index (Phi) is 8.52. The number of benzene rings is 3. The lowest BCUT2D eigenvalue weighted by Gasteiger charge is -2.52. The van der Waals surface area contributed by atoms with Crippen LogP contribution in [0.2, 0.25) is 0 Å². The summed E-state index contributed by atoms with van der Waals surface area (Å²) in [5.74, 6) is -2.87. The number of nitrogens with zero attached hydrogens (tertiary/aromatic N) is 2. The molecular formula is C32H37FN2O4. The molecule has 39 heavy (non-hydrogen) atoms. The first-order valence-corrected chi connectivity index (χ1v) is 13.3. The van der Waals surface area contributed by atoms with Gasteiger partial charge < -0.3 is 15.1 Å². The van der Waals surface area contributed by atoms with E-state index < -0.39 is 23.6 Å². The van der Waals surface area contributed by atoms with Gasteiger partial charge in [0.25, 0.3) is 0 Å². The first kappa shape index (κ1) is 28.5. The van der Waals surface area contributed by atoms with Gasteiger partial charge in [0.2, 0.25) is 0 Å². The number of carbonyl (C=O) groups excluding carboxylic acids is 2. The molecule has 2 N–H and O–H groups in total. The molecule has 0 amide bonds. The molecule has 0 saturated carbocycles. The molecule has 0 aliphatic carbocycles. The summed E-state index contributed by atoms with van der Waals surface area (Å²) in [6.07, 6.45) is 0. The van der Waals surface area contributed by atoms with Crippen molar-refractivity contribution in [3.63, 3.8) is 0 Å². The number of piperidine rings is 1. The van der Waals surface area contributed by atoms with Crippen molar-refractivity contribution in [2.24, 2.45) is 11.8 Å². The summed E-state index contributed by atoms with van der Waals surface area (Å²) in [4.78, 5) is 32.8. The Morgan fingerprint density at radius 3 is 1.79 bits per heavy atom. The lowest BCUT2D eigenvalue weighted by Crippen LogP contribution is -2.60. The van der Waals surface area contributed by atoms with E-state index in [2.05, 4.69) is 9.80 Å². The van der Waals surface area contributed by atoms with Crippen molar-refractivity contribution in [2.75, 3.05) is 27.2 Å². The maximum absolute atomic E-state index is 15.0. The van der Waals surface area contributed by atoms with E-state index in [0.717, 1.165) is 6.54 Å². The quantitative estimate of drug-likeness (QED) is 0.384. The number of phenols is 2. The number of halogens is 1. The largest absolute Gasteiger partial charge is 0.508 e. The first-order chi connectivity index (χ1) is 18.5. The highest BCUT2D eigenvalue weighted by atomic mass is 19.1. The molecule has 1 saturated heterocycles. The minimum absolute atomic E-state index is 0.0204. The van der Waals surface area contributed by atoms with Crippen molar-refractivity contribution >= 4 is 11.6 Å². The molecule has 4 atom stereocenters. The van der Waals surface area contributed by atoms with Gasteiger partial charge in [0.1, 0.15) is 17.3 Å². The number of Topliss-reactive ketones (excluding diaryl/α,β-unsaturated/α-hetero) is 2. The second kappa shape index (κ2) is 11.7. The van der Waals surface area contributed by atoms with E-state index in [4.69, 9.17) is 0 Å². The summed E-state index contributed by atoms with van der Waals surface area (Å²) in [6, 6.07) is 16.7. The molecule has 6 nitrogen and oxygen atoms in total. The summed E-state index contributed by atoms with van der Waals surface area (Å²) in [6.45, 7) is 7.02. The Morgan fingerprint density at radius 2 is 1.33 bits per heavy atom. The minimum Gasteiger partial charge on any atom is -0.508 e. The van der Waals surface area contributed by atoms with Gasteiger partial charge in [-0.05, 0) is 76.3 Å². The molecule has 4 rings (SSSR count). The van der Waals surface area contributed by atoms with E-state index in [9.17, 15) is 24.2 Å². The fourth-order valence-corrected chi connectivity index (χ4v) is 6.17. The van der Waals surface area contributed by atoms with Gasteiger partial charge in [0.05, 0.1) is 0 Å². The fourth-order valence-electron chi connectivity index (χ4n) is 6.17. The Labute approximate surface area is 229 Å². The molecule has 3 aromatic carbocycles. The van der Waals surface area contributed by atoms with Gasteiger partial charge in [-0.15, -0.1) is 0 Å². The molecule has 1 aliphatic heterocycles.